The molecule has 0 saturated heterocycles. The van der Waals surface area contributed by atoms with Crippen molar-refractivity contribution >= 4 is 11.6 Å². The smallest absolute Gasteiger partial charge is 0.252 e. The second-order valence-electron chi connectivity index (χ2n) is 2.44. The fourth-order valence-electron chi connectivity index (χ4n) is 0.861. The van der Waals surface area contributed by atoms with E-state index in [4.69, 9.17) is 21.1 Å². The van der Waals surface area contributed by atoms with Crippen molar-refractivity contribution < 1.29 is 9.47 Å². The molecular formula is C8H11ClN2O2. The number of hydrogen-bond acceptors (Lipinski definition) is 4. The highest BCUT2D eigenvalue weighted by molar-refractivity contribution is 6.31. The van der Waals surface area contributed by atoms with Gasteiger partial charge in [-0.1, -0.05) is 11.6 Å². The number of methoxy groups -OCH3 is 2. The van der Waals surface area contributed by atoms with Gasteiger partial charge in [0.2, 0.25) is 0 Å². The van der Waals surface area contributed by atoms with E-state index >= 15 is 0 Å². The Kier molecular flexibility index (Phi) is 3.92. The third kappa shape index (κ3) is 2.82. The van der Waals surface area contributed by atoms with E-state index in [0.29, 0.717) is 23.9 Å². The van der Waals surface area contributed by atoms with Crippen molar-refractivity contribution in [3.05, 3.63) is 16.8 Å². The van der Waals surface area contributed by atoms with Gasteiger partial charge in [-0.2, -0.15) is 5.10 Å². The molecule has 0 spiro atoms. The van der Waals surface area contributed by atoms with Gasteiger partial charge in [-0.15, -0.1) is 5.10 Å². The summed E-state index contributed by atoms with van der Waals surface area (Å²) in [5.41, 5.74) is 0.799. The van der Waals surface area contributed by atoms with Crippen molar-refractivity contribution in [3.63, 3.8) is 0 Å². The minimum Gasteiger partial charge on any atom is -0.479 e. The van der Waals surface area contributed by atoms with E-state index in [2.05, 4.69) is 10.2 Å². The maximum absolute atomic E-state index is 5.84. The number of halogens is 1. The van der Waals surface area contributed by atoms with Crippen LogP contribution in [0.15, 0.2) is 6.07 Å². The summed E-state index contributed by atoms with van der Waals surface area (Å²) in [5, 5.41) is 8.17. The maximum Gasteiger partial charge on any atom is 0.252 e. The Balaban J connectivity index is 2.71. The predicted molar refractivity (Wildman–Crippen MR) is 49.2 cm³/mol. The van der Waals surface area contributed by atoms with E-state index < -0.39 is 0 Å². The van der Waals surface area contributed by atoms with Gasteiger partial charge in [0, 0.05) is 13.5 Å². The molecule has 0 aliphatic heterocycles. The zero-order valence-corrected chi connectivity index (χ0v) is 8.34. The van der Waals surface area contributed by atoms with Gasteiger partial charge in [-0.3, -0.25) is 0 Å². The van der Waals surface area contributed by atoms with Crippen molar-refractivity contribution in [2.24, 2.45) is 0 Å². The first-order chi connectivity index (χ1) is 6.27. The van der Waals surface area contributed by atoms with Crippen molar-refractivity contribution in [3.8, 4) is 5.88 Å². The highest BCUT2D eigenvalue weighted by Crippen LogP contribution is 2.20. The van der Waals surface area contributed by atoms with E-state index in [0.717, 1.165) is 5.69 Å². The quantitative estimate of drug-likeness (QED) is 0.739. The Hall–Kier alpha value is -0.870. The van der Waals surface area contributed by atoms with Crippen molar-refractivity contribution in [1.29, 1.82) is 0 Å². The van der Waals surface area contributed by atoms with Gasteiger partial charge < -0.3 is 9.47 Å². The van der Waals surface area contributed by atoms with E-state index in [9.17, 15) is 0 Å². The molecule has 4 nitrogen and oxygen atoms in total. The standard InChI is InChI=1S/C8H11ClN2O2/c1-12-4-3-6-5-7(9)8(13-2)11-10-6/h5H,3-4H2,1-2H3. The Morgan fingerprint density at radius 3 is 2.69 bits per heavy atom. The first-order valence-electron chi connectivity index (χ1n) is 3.83. The largest absolute Gasteiger partial charge is 0.479 e. The Morgan fingerprint density at radius 2 is 2.15 bits per heavy atom. The molecule has 0 atom stereocenters. The topological polar surface area (TPSA) is 44.2 Å². The van der Waals surface area contributed by atoms with Crippen LogP contribution in [0.25, 0.3) is 0 Å². The number of ether oxygens (including phenoxy) is 2. The molecule has 72 valence electrons. The Morgan fingerprint density at radius 1 is 1.38 bits per heavy atom. The van der Waals surface area contributed by atoms with Crippen LogP contribution >= 0.6 is 11.6 Å². The number of hydrogen-bond donors (Lipinski definition) is 0. The van der Waals surface area contributed by atoms with Gasteiger partial charge >= 0.3 is 0 Å². The molecule has 1 heterocycles. The van der Waals surface area contributed by atoms with E-state index in [1.54, 1.807) is 13.2 Å². The molecule has 0 aromatic carbocycles. The number of nitrogens with zero attached hydrogens (tertiary/aromatic N) is 2. The van der Waals surface area contributed by atoms with Crippen LogP contribution in [-0.4, -0.2) is 31.0 Å². The summed E-state index contributed by atoms with van der Waals surface area (Å²) < 4.78 is 9.77. The summed E-state index contributed by atoms with van der Waals surface area (Å²) in [6, 6.07) is 1.73. The molecule has 1 aromatic heterocycles. The van der Waals surface area contributed by atoms with Crippen LogP contribution in [0.5, 0.6) is 5.88 Å². The molecule has 13 heavy (non-hydrogen) atoms. The molecule has 0 N–H and O–H groups in total. The zero-order chi connectivity index (χ0) is 9.68. The lowest BCUT2D eigenvalue weighted by Crippen LogP contribution is -2.00. The third-order valence-corrected chi connectivity index (χ3v) is 1.79. The van der Waals surface area contributed by atoms with Gasteiger partial charge in [0.25, 0.3) is 5.88 Å². The van der Waals surface area contributed by atoms with Crippen molar-refractivity contribution in [1.82, 2.24) is 10.2 Å². The molecule has 1 rings (SSSR count). The van der Waals surface area contributed by atoms with E-state index in [1.807, 2.05) is 0 Å². The molecule has 0 aliphatic carbocycles. The molecule has 0 saturated carbocycles. The molecule has 5 heteroatoms. The van der Waals surface area contributed by atoms with Crippen LogP contribution < -0.4 is 4.74 Å². The first kappa shape index (κ1) is 10.2. The molecular weight excluding hydrogens is 192 g/mol. The highest BCUT2D eigenvalue weighted by atomic mass is 35.5. The molecule has 1 aromatic rings. The lowest BCUT2D eigenvalue weighted by Gasteiger charge is -2.02. The summed E-state index contributed by atoms with van der Waals surface area (Å²) in [5.74, 6) is 0.350. The van der Waals surface area contributed by atoms with Gasteiger partial charge in [0.15, 0.2) is 0 Å². The second-order valence-corrected chi connectivity index (χ2v) is 2.84. The zero-order valence-electron chi connectivity index (χ0n) is 7.58. The van der Waals surface area contributed by atoms with E-state index in [1.165, 1.54) is 7.11 Å². The van der Waals surface area contributed by atoms with Crippen LogP contribution in [0, 0.1) is 0 Å². The van der Waals surface area contributed by atoms with Crippen LogP contribution in [-0.2, 0) is 11.2 Å². The molecule has 0 fully saturated rings. The van der Waals surface area contributed by atoms with Crippen molar-refractivity contribution in [2.45, 2.75) is 6.42 Å². The third-order valence-electron chi connectivity index (χ3n) is 1.52. The Labute approximate surface area is 81.8 Å². The minimum atomic E-state index is 0.350. The number of aromatic nitrogens is 2. The molecule has 0 bridgehead atoms. The fraction of sp³-hybridized carbons (Fsp3) is 0.500. The maximum atomic E-state index is 5.84. The summed E-state index contributed by atoms with van der Waals surface area (Å²) in [7, 11) is 3.14. The molecule has 0 radical (unpaired) electrons. The predicted octanol–water partition coefficient (Wildman–Crippen LogP) is 1.33. The fourth-order valence-corrected chi connectivity index (χ4v) is 1.10. The average Bonchev–Trinajstić information content (AvgIpc) is 2.15. The van der Waals surface area contributed by atoms with Crippen molar-refractivity contribution in [2.75, 3.05) is 20.8 Å². The minimum absolute atomic E-state index is 0.350. The van der Waals surface area contributed by atoms with Gasteiger partial charge in [0.05, 0.1) is 19.4 Å². The average molecular weight is 203 g/mol. The first-order valence-corrected chi connectivity index (χ1v) is 4.20. The lowest BCUT2D eigenvalue weighted by atomic mass is 10.3. The second kappa shape index (κ2) is 4.99. The SMILES string of the molecule is COCCc1cc(Cl)c(OC)nn1. The summed E-state index contributed by atoms with van der Waals surface area (Å²) in [4.78, 5) is 0. The van der Waals surface area contributed by atoms with Crippen LogP contribution in [0.1, 0.15) is 5.69 Å². The summed E-state index contributed by atoms with van der Waals surface area (Å²) in [6.45, 7) is 0.608. The summed E-state index contributed by atoms with van der Waals surface area (Å²) >= 11 is 5.84. The Bertz CT molecular complexity index is 281. The molecule has 0 aliphatic rings. The molecule has 0 amide bonds. The number of rotatable bonds is 4. The van der Waals surface area contributed by atoms with Gasteiger partial charge in [0.1, 0.15) is 5.02 Å². The van der Waals surface area contributed by atoms with Gasteiger partial charge in [-0.25, -0.2) is 0 Å². The lowest BCUT2D eigenvalue weighted by molar-refractivity contribution is 0.201. The van der Waals surface area contributed by atoms with Crippen LogP contribution in [0.4, 0.5) is 0 Å². The van der Waals surface area contributed by atoms with Gasteiger partial charge in [-0.05, 0) is 6.07 Å². The van der Waals surface area contributed by atoms with Crippen LogP contribution in [0.2, 0.25) is 5.02 Å². The summed E-state index contributed by atoms with van der Waals surface area (Å²) in [6.07, 6.45) is 0.702. The van der Waals surface area contributed by atoms with E-state index in [-0.39, 0.29) is 0 Å². The monoisotopic (exact) mass is 202 g/mol. The normalized spacial score (nSPS) is 10.1. The highest BCUT2D eigenvalue weighted by Gasteiger charge is 2.04. The van der Waals surface area contributed by atoms with Crippen LogP contribution in [0.3, 0.4) is 0 Å². The molecule has 0 unspecified atom stereocenters.